The summed E-state index contributed by atoms with van der Waals surface area (Å²) in [5, 5.41) is 0. The first-order valence-corrected chi connectivity index (χ1v) is 6.43. The molecule has 0 saturated heterocycles. The Hall–Kier alpha value is -1.38. The topological polar surface area (TPSA) is 49.9 Å². The largest absolute Gasteiger partial charge is 0.358 e. The van der Waals surface area contributed by atoms with E-state index in [0.29, 0.717) is 24.1 Å². The molecule has 1 aromatic heterocycles. The molecule has 0 atom stereocenters. The van der Waals surface area contributed by atoms with Gasteiger partial charge >= 0.3 is 0 Å². The first kappa shape index (κ1) is 13.7. The zero-order valence-corrected chi connectivity index (χ0v) is 10.7. The molecular formula is C14H21NO2. The van der Waals surface area contributed by atoms with Crippen LogP contribution in [0.3, 0.4) is 0 Å². The molecule has 1 heterocycles. The second kappa shape index (κ2) is 7.05. The van der Waals surface area contributed by atoms with E-state index in [1.165, 1.54) is 0 Å². The number of nitrogens with one attached hydrogen (secondary N) is 1. The highest BCUT2D eigenvalue weighted by Gasteiger charge is 2.12. The molecule has 3 nitrogen and oxygen atoms in total. The van der Waals surface area contributed by atoms with Gasteiger partial charge < -0.3 is 4.98 Å². The molecule has 0 aliphatic heterocycles. The number of aromatic nitrogens is 1. The van der Waals surface area contributed by atoms with Crippen molar-refractivity contribution in [3.8, 4) is 0 Å². The van der Waals surface area contributed by atoms with Gasteiger partial charge in [-0.15, -0.1) is 0 Å². The van der Waals surface area contributed by atoms with Crippen molar-refractivity contribution in [3.05, 3.63) is 23.5 Å². The molecule has 1 N–H and O–H groups in total. The highest BCUT2D eigenvalue weighted by Crippen LogP contribution is 2.11. The molecule has 1 rings (SSSR count). The Labute approximate surface area is 103 Å². The Balaban J connectivity index is 2.58. The highest BCUT2D eigenvalue weighted by atomic mass is 16.1. The summed E-state index contributed by atoms with van der Waals surface area (Å²) in [5.74, 6) is 0.221. The predicted molar refractivity (Wildman–Crippen MR) is 68.5 cm³/mol. The molecule has 1 aromatic rings. The summed E-state index contributed by atoms with van der Waals surface area (Å²) in [6.07, 6.45) is 6.60. The van der Waals surface area contributed by atoms with Crippen molar-refractivity contribution in [3.63, 3.8) is 0 Å². The quantitative estimate of drug-likeness (QED) is 0.697. The average molecular weight is 235 g/mol. The van der Waals surface area contributed by atoms with E-state index in [1.54, 1.807) is 12.3 Å². The van der Waals surface area contributed by atoms with Gasteiger partial charge in [-0.05, 0) is 18.9 Å². The van der Waals surface area contributed by atoms with Crippen molar-refractivity contribution in [2.24, 2.45) is 0 Å². The fraction of sp³-hybridized carbons (Fsp3) is 0.571. The maximum absolute atomic E-state index is 11.7. The fourth-order valence-electron chi connectivity index (χ4n) is 1.67. The van der Waals surface area contributed by atoms with Crippen molar-refractivity contribution < 1.29 is 9.59 Å². The van der Waals surface area contributed by atoms with E-state index < -0.39 is 0 Å². The molecular weight excluding hydrogens is 214 g/mol. The molecule has 17 heavy (non-hydrogen) atoms. The lowest BCUT2D eigenvalue weighted by atomic mass is 10.1. The van der Waals surface area contributed by atoms with Crippen molar-refractivity contribution in [2.75, 3.05) is 0 Å². The zero-order valence-electron chi connectivity index (χ0n) is 10.7. The highest BCUT2D eigenvalue weighted by molar-refractivity contribution is 6.00. The van der Waals surface area contributed by atoms with Crippen molar-refractivity contribution in [2.45, 2.75) is 52.4 Å². The molecule has 0 spiro atoms. The van der Waals surface area contributed by atoms with E-state index in [1.807, 2.05) is 0 Å². The normalized spacial score (nSPS) is 10.5. The monoisotopic (exact) mass is 235 g/mol. The van der Waals surface area contributed by atoms with E-state index in [-0.39, 0.29) is 11.6 Å². The molecule has 0 radical (unpaired) electrons. The lowest BCUT2D eigenvalue weighted by Crippen LogP contribution is -1.99. The number of aromatic amines is 1. The van der Waals surface area contributed by atoms with Crippen LogP contribution in [0.4, 0.5) is 0 Å². The molecule has 0 fully saturated rings. The van der Waals surface area contributed by atoms with Gasteiger partial charge in [0.1, 0.15) is 0 Å². The second-order valence-corrected chi connectivity index (χ2v) is 4.36. The number of hydrogen-bond acceptors (Lipinski definition) is 2. The summed E-state index contributed by atoms with van der Waals surface area (Å²) in [4.78, 5) is 26.3. The van der Waals surface area contributed by atoms with E-state index >= 15 is 0 Å². The Morgan fingerprint density at radius 2 is 1.65 bits per heavy atom. The molecule has 0 aliphatic carbocycles. The number of rotatable bonds is 8. The van der Waals surface area contributed by atoms with Gasteiger partial charge in [-0.1, -0.05) is 26.7 Å². The smallest absolute Gasteiger partial charge is 0.179 e. The van der Waals surface area contributed by atoms with E-state index in [9.17, 15) is 9.59 Å². The summed E-state index contributed by atoms with van der Waals surface area (Å²) >= 11 is 0. The summed E-state index contributed by atoms with van der Waals surface area (Å²) in [6.45, 7) is 4.12. The van der Waals surface area contributed by atoms with Crippen molar-refractivity contribution in [1.29, 1.82) is 0 Å². The number of unbranched alkanes of at least 4 members (excludes halogenated alkanes) is 2. The maximum atomic E-state index is 11.7. The lowest BCUT2D eigenvalue weighted by molar-refractivity contribution is 0.0973. The standard InChI is InChI=1S/C14H21NO2/c1-3-5-7-13(16)11-9-12(15-10-11)14(17)8-6-4-2/h9-10,15H,3-8H2,1-2H3. The SMILES string of the molecule is CCCCC(=O)c1c[nH]c(C(=O)CCCC)c1. The average Bonchev–Trinajstić information content (AvgIpc) is 2.82. The van der Waals surface area contributed by atoms with Gasteiger partial charge in [-0.2, -0.15) is 0 Å². The molecule has 0 aromatic carbocycles. The fourth-order valence-corrected chi connectivity index (χ4v) is 1.67. The first-order chi connectivity index (χ1) is 8.19. The summed E-state index contributed by atoms with van der Waals surface area (Å²) in [7, 11) is 0. The first-order valence-electron chi connectivity index (χ1n) is 6.43. The van der Waals surface area contributed by atoms with Gasteiger partial charge in [0.05, 0.1) is 5.69 Å². The third-order valence-electron chi connectivity index (χ3n) is 2.82. The van der Waals surface area contributed by atoms with Crippen LogP contribution in [-0.2, 0) is 0 Å². The van der Waals surface area contributed by atoms with Crippen LogP contribution in [0.1, 0.15) is 73.2 Å². The van der Waals surface area contributed by atoms with E-state index in [0.717, 1.165) is 25.7 Å². The number of hydrogen-bond donors (Lipinski definition) is 1. The van der Waals surface area contributed by atoms with Gasteiger partial charge in [0.2, 0.25) is 0 Å². The molecule has 0 amide bonds. The molecule has 94 valence electrons. The van der Waals surface area contributed by atoms with Crippen LogP contribution in [0.2, 0.25) is 0 Å². The summed E-state index contributed by atoms with van der Waals surface area (Å²) in [6, 6.07) is 1.69. The third kappa shape index (κ3) is 4.17. The predicted octanol–water partition coefficient (Wildman–Crippen LogP) is 3.76. The van der Waals surface area contributed by atoms with Gasteiger partial charge in [0.25, 0.3) is 0 Å². The Morgan fingerprint density at radius 3 is 2.24 bits per heavy atom. The Morgan fingerprint density at radius 1 is 1.06 bits per heavy atom. The zero-order chi connectivity index (χ0) is 12.7. The minimum Gasteiger partial charge on any atom is -0.358 e. The number of H-pyrrole nitrogens is 1. The van der Waals surface area contributed by atoms with Crippen LogP contribution >= 0.6 is 0 Å². The molecule has 0 unspecified atom stereocenters. The van der Waals surface area contributed by atoms with Gasteiger partial charge in [0, 0.05) is 24.6 Å². The molecule has 3 heteroatoms. The second-order valence-electron chi connectivity index (χ2n) is 4.36. The summed E-state index contributed by atoms with van der Waals surface area (Å²) in [5.41, 5.74) is 1.21. The van der Waals surface area contributed by atoms with Crippen LogP contribution < -0.4 is 0 Å². The number of ketones is 2. The van der Waals surface area contributed by atoms with Gasteiger partial charge in [-0.3, -0.25) is 9.59 Å². The van der Waals surface area contributed by atoms with Gasteiger partial charge in [0.15, 0.2) is 11.6 Å². The van der Waals surface area contributed by atoms with Crippen LogP contribution in [0.25, 0.3) is 0 Å². The number of carbonyl (C=O) groups is 2. The molecule has 0 bridgehead atoms. The van der Waals surface area contributed by atoms with Crippen molar-refractivity contribution >= 4 is 11.6 Å². The van der Waals surface area contributed by atoms with Crippen molar-refractivity contribution in [1.82, 2.24) is 4.98 Å². The lowest BCUT2D eigenvalue weighted by Gasteiger charge is -1.96. The maximum Gasteiger partial charge on any atom is 0.179 e. The van der Waals surface area contributed by atoms with Crippen LogP contribution in [-0.4, -0.2) is 16.6 Å². The number of Topliss-reactive ketones (excluding diaryl/α,β-unsaturated/α-hetero) is 2. The minimum absolute atomic E-state index is 0.0985. The van der Waals surface area contributed by atoms with Crippen LogP contribution in [0, 0.1) is 0 Å². The van der Waals surface area contributed by atoms with Crippen LogP contribution in [0.15, 0.2) is 12.3 Å². The van der Waals surface area contributed by atoms with Gasteiger partial charge in [-0.25, -0.2) is 0 Å². The Bertz CT molecular complexity index is 345. The van der Waals surface area contributed by atoms with E-state index in [2.05, 4.69) is 18.8 Å². The van der Waals surface area contributed by atoms with Crippen LogP contribution in [0.5, 0.6) is 0 Å². The Kier molecular flexibility index (Phi) is 5.67. The molecule has 0 aliphatic rings. The summed E-state index contributed by atoms with van der Waals surface area (Å²) < 4.78 is 0. The van der Waals surface area contributed by atoms with E-state index in [4.69, 9.17) is 0 Å². The minimum atomic E-state index is 0.0985. The number of carbonyl (C=O) groups excluding carboxylic acids is 2. The molecule has 0 saturated carbocycles. The third-order valence-corrected chi connectivity index (χ3v) is 2.82.